The molecule has 0 saturated carbocycles. The van der Waals surface area contributed by atoms with Crippen LogP contribution in [0.5, 0.6) is 0 Å². The van der Waals surface area contributed by atoms with Crippen LogP contribution in [0.2, 0.25) is 0 Å². The van der Waals surface area contributed by atoms with E-state index in [1.165, 1.54) is 0 Å². The Kier molecular flexibility index (Phi) is 5.25. The van der Waals surface area contributed by atoms with E-state index in [0.29, 0.717) is 12.4 Å². The Morgan fingerprint density at radius 1 is 1.37 bits per heavy atom. The number of carbonyl (C=O) groups excluding carboxylic acids is 1. The molecule has 8 nitrogen and oxygen atoms in total. The second kappa shape index (κ2) is 7.46. The monoisotopic (exact) mass is 372 g/mol. The van der Waals surface area contributed by atoms with Crippen molar-refractivity contribution in [3.05, 3.63) is 24.7 Å². The van der Waals surface area contributed by atoms with Crippen LogP contribution >= 0.6 is 0 Å². The van der Waals surface area contributed by atoms with Gasteiger partial charge < -0.3 is 20.7 Å². The largest absolute Gasteiger partial charge is 0.444 e. The van der Waals surface area contributed by atoms with E-state index in [4.69, 9.17) is 10.5 Å². The van der Waals surface area contributed by atoms with Crippen LogP contribution in [0.1, 0.15) is 33.6 Å². The number of ether oxygens (including phenoxy) is 1. The number of alkyl carbamates (subject to hydrolysis) is 1. The van der Waals surface area contributed by atoms with Gasteiger partial charge in [0.1, 0.15) is 11.4 Å². The SMILES string of the molecule is Cn1cc(-c2cnc(N)cc2N2CCC[C@H](NC(=O)OC(C)(C)C)C2)cn1. The third kappa shape index (κ3) is 4.90. The fourth-order valence-electron chi connectivity index (χ4n) is 3.29. The molecule has 1 amide bonds. The van der Waals surface area contributed by atoms with Gasteiger partial charge in [-0.25, -0.2) is 9.78 Å². The number of aryl methyl sites for hydroxylation is 1. The molecule has 0 radical (unpaired) electrons. The first-order valence-corrected chi connectivity index (χ1v) is 9.20. The molecule has 27 heavy (non-hydrogen) atoms. The standard InChI is InChI=1S/C19H28N6O2/c1-19(2,3)27-18(26)23-14-6-5-7-25(12-14)16-8-17(20)21-10-15(16)13-9-22-24(4)11-13/h8-11,14H,5-7,12H2,1-4H3,(H2,20,21)(H,23,26)/t14-/m0/s1. The molecule has 2 aromatic heterocycles. The van der Waals surface area contributed by atoms with E-state index in [1.807, 2.05) is 46.3 Å². The summed E-state index contributed by atoms with van der Waals surface area (Å²) in [6, 6.07) is 1.91. The van der Waals surface area contributed by atoms with Crippen LogP contribution in [-0.2, 0) is 11.8 Å². The smallest absolute Gasteiger partial charge is 0.407 e. The summed E-state index contributed by atoms with van der Waals surface area (Å²) in [7, 11) is 1.88. The third-order valence-corrected chi connectivity index (χ3v) is 4.40. The highest BCUT2D eigenvalue weighted by Gasteiger charge is 2.26. The van der Waals surface area contributed by atoms with Gasteiger partial charge in [0, 0.05) is 61.5 Å². The number of carbonyl (C=O) groups is 1. The maximum atomic E-state index is 12.1. The van der Waals surface area contributed by atoms with Crippen molar-refractivity contribution in [3.63, 3.8) is 0 Å². The zero-order chi connectivity index (χ0) is 19.6. The Hall–Kier alpha value is -2.77. The number of amides is 1. The van der Waals surface area contributed by atoms with E-state index in [9.17, 15) is 4.79 Å². The zero-order valence-electron chi connectivity index (χ0n) is 16.4. The molecule has 1 aliphatic heterocycles. The Labute approximate surface area is 159 Å². The number of hydrogen-bond donors (Lipinski definition) is 2. The van der Waals surface area contributed by atoms with Crippen molar-refractivity contribution in [2.75, 3.05) is 23.7 Å². The number of aromatic nitrogens is 3. The van der Waals surface area contributed by atoms with Gasteiger partial charge in [-0.1, -0.05) is 0 Å². The molecule has 0 aliphatic carbocycles. The minimum atomic E-state index is -0.508. The predicted octanol–water partition coefficient (Wildman–Crippen LogP) is 2.56. The number of hydrogen-bond acceptors (Lipinski definition) is 6. The number of nitrogens with one attached hydrogen (secondary N) is 1. The summed E-state index contributed by atoms with van der Waals surface area (Å²) in [5.74, 6) is 0.472. The molecule has 8 heteroatoms. The van der Waals surface area contributed by atoms with Crippen LogP contribution in [0, 0.1) is 0 Å². The van der Waals surface area contributed by atoms with Crippen LogP contribution < -0.4 is 16.0 Å². The maximum Gasteiger partial charge on any atom is 0.407 e. The van der Waals surface area contributed by atoms with Crippen molar-refractivity contribution in [1.82, 2.24) is 20.1 Å². The molecule has 2 aromatic rings. The van der Waals surface area contributed by atoms with Gasteiger partial charge in [-0.3, -0.25) is 4.68 Å². The Bertz CT molecular complexity index is 811. The van der Waals surface area contributed by atoms with Crippen molar-refractivity contribution in [1.29, 1.82) is 0 Å². The topological polar surface area (TPSA) is 98.3 Å². The molecule has 146 valence electrons. The van der Waals surface area contributed by atoms with Crippen molar-refractivity contribution < 1.29 is 9.53 Å². The molecule has 1 aliphatic rings. The van der Waals surface area contributed by atoms with Crippen molar-refractivity contribution >= 4 is 17.6 Å². The molecule has 3 heterocycles. The molecule has 1 atom stereocenters. The van der Waals surface area contributed by atoms with Gasteiger partial charge in [0.25, 0.3) is 0 Å². The minimum Gasteiger partial charge on any atom is -0.444 e. The predicted molar refractivity (Wildman–Crippen MR) is 105 cm³/mol. The summed E-state index contributed by atoms with van der Waals surface area (Å²) >= 11 is 0. The number of nitrogens with zero attached hydrogens (tertiary/aromatic N) is 4. The van der Waals surface area contributed by atoms with Gasteiger partial charge in [0.15, 0.2) is 0 Å². The second-order valence-electron chi connectivity index (χ2n) is 7.96. The Morgan fingerprint density at radius 3 is 2.81 bits per heavy atom. The molecular weight excluding hydrogens is 344 g/mol. The van der Waals surface area contributed by atoms with Gasteiger partial charge in [-0.05, 0) is 33.6 Å². The lowest BCUT2D eigenvalue weighted by atomic mass is 10.0. The number of anilines is 2. The van der Waals surface area contributed by atoms with Crippen molar-refractivity contribution in [3.8, 4) is 11.1 Å². The highest BCUT2D eigenvalue weighted by atomic mass is 16.6. The highest BCUT2D eigenvalue weighted by molar-refractivity contribution is 5.79. The molecule has 3 rings (SSSR count). The van der Waals surface area contributed by atoms with Gasteiger partial charge in [0.2, 0.25) is 0 Å². The van der Waals surface area contributed by atoms with Crippen molar-refractivity contribution in [2.45, 2.75) is 45.3 Å². The van der Waals surface area contributed by atoms with Gasteiger partial charge in [0.05, 0.1) is 6.20 Å². The minimum absolute atomic E-state index is 0.0183. The van der Waals surface area contributed by atoms with Crippen LogP contribution in [0.3, 0.4) is 0 Å². The van der Waals surface area contributed by atoms with E-state index < -0.39 is 5.60 Å². The molecule has 0 bridgehead atoms. The molecule has 0 aromatic carbocycles. The highest BCUT2D eigenvalue weighted by Crippen LogP contribution is 2.33. The lowest BCUT2D eigenvalue weighted by Crippen LogP contribution is -2.49. The van der Waals surface area contributed by atoms with E-state index in [1.54, 1.807) is 10.9 Å². The summed E-state index contributed by atoms with van der Waals surface area (Å²) in [5, 5.41) is 7.24. The first kappa shape index (κ1) is 19.0. The third-order valence-electron chi connectivity index (χ3n) is 4.40. The summed E-state index contributed by atoms with van der Waals surface area (Å²) < 4.78 is 7.15. The molecule has 1 saturated heterocycles. The average Bonchev–Trinajstić information content (AvgIpc) is 2.99. The first-order chi connectivity index (χ1) is 12.7. The van der Waals surface area contributed by atoms with Crippen LogP contribution in [0.15, 0.2) is 24.7 Å². The number of piperidine rings is 1. The summed E-state index contributed by atoms with van der Waals surface area (Å²) in [4.78, 5) is 18.6. The van der Waals surface area contributed by atoms with Crippen LogP contribution in [0.25, 0.3) is 11.1 Å². The Morgan fingerprint density at radius 2 is 2.15 bits per heavy atom. The number of pyridine rings is 1. The van der Waals surface area contributed by atoms with E-state index in [-0.39, 0.29) is 12.1 Å². The summed E-state index contributed by atoms with van der Waals surface area (Å²) in [5.41, 5.74) is 8.42. The van der Waals surface area contributed by atoms with Crippen LogP contribution in [-0.4, -0.2) is 45.6 Å². The quantitative estimate of drug-likeness (QED) is 0.859. The number of nitrogens with two attached hydrogens (primary N) is 1. The molecular formula is C19H28N6O2. The normalized spacial score (nSPS) is 17.6. The summed E-state index contributed by atoms with van der Waals surface area (Å²) in [6.45, 7) is 7.16. The maximum absolute atomic E-state index is 12.1. The van der Waals surface area contributed by atoms with Crippen molar-refractivity contribution in [2.24, 2.45) is 7.05 Å². The summed E-state index contributed by atoms with van der Waals surface area (Å²) in [6.07, 6.45) is 7.06. The van der Waals surface area contributed by atoms with Gasteiger partial charge in [-0.2, -0.15) is 5.10 Å². The van der Waals surface area contributed by atoms with Gasteiger partial charge >= 0.3 is 6.09 Å². The Balaban J connectivity index is 1.78. The lowest BCUT2D eigenvalue weighted by molar-refractivity contribution is 0.0500. The molecule has 1 fully saturated rings. The van der Waals surface area contributed by atoms with E-state index >= 15 is 0 Å². The fourth-order valence-corrected chi connectivity index (χ4v) is 3.29. The van der Waals surface area contributed by atoms with E-state index in [2.05, 4.69) is 20.3 Å². The number of rotatable bonds is 3. The lowest BCUT2D eigenvalue weighted by Gasteiger charge is -2.36. The van der Waals surface area contributed by atoms with Gasteiger partial charge in [-0.15, -0.1) is 0 Å². The average molecular weight is 372 g/mol. The molecule has 0 spiro atoms. The molecule has 3 N–H and O–H groups in total. The second-order valence-corrected chi connectivity index (χ2v) is 7.96. The first-order valence-electron chi connectivity index (χ1n) is 9.20. The van der Waals surface area contributed by atoms with E-state index in [0.717, 1.165) is 36.2 Å². The number of nitrogen functional groups attached to an aromatic ring is 1. The molecule has 0 unspecified atom stereocenters. The zero-order valence-corrected chi connectivity index (χ0v) is 16.4. The van der Waals surface area contributed by atoms with Crippen LogP contribution in [0.4, 0.5) is 16.3 Å². The fraction of sp³-hybridized carbons (Fsp3) is 0.526.